The Morgan fingerprint density at radius 3 is 2.33 bits per heavy atom. The summed E-state index contributed by atoms with van der Waals surface area (Å²) in [5.41, 5.74) is 2.83. The third-order valence-electron chi connectivity index (χ3n) is 3.94. The number of anilines is 1. The summed E-state index contributed by atoms with van der Waals surface area (Å²) < 4.78 is 0. The van der Waals surface area contributed by atoms with Crippen LogP contribution in [0.2, 0.25) is 0 Å². The van der Waals surface area contributed by atoms with Crippen molar-refractivity contribution >= 4 is 11.6 Å². The standard InChI is InChI=1S/C20H26N2O2/c1-16(2)22(14-12-17-6-4-3-5-7-17)20(24)18-8-10-19(11-9-18)21-13-15-23/h3-11,16,21,23H,12-15H2,1-2H3. The van der Waals surface area contributed by atoms with Crippen LogP contribution in [-0.2, 0) is 6.42 Å². The lowest BCUT2D eigenvalue weighted by atomic mass is 10.1. The molecule has 0 saturated heterocycles. The van der Waals surface area contributed by atoms with E-state index in [4.69, 9.17) is 5.11 Å². The van der Waals surface area contributed by atoms with Crippen LogP contribution in [0.5, 0.6) is 0 Å². The van der Waals surface area contributed by atoms with Gasteiger partial charge in [-0.1, -0.05) is 30.3 Å². The monoisotopic (exact) mass is 326 g/mol. The van der Waals surface area contributed by atoms with Gasteiger partial charge in [0.25, 0.3) is 5.91 Å². The van der Waals surface area contributed by atoms with Crippen LogP contribution >= 0.6 is 0 Å². The highest BCUT2D eigenvalue weighted by Crippen LogP contribution is 2.14. The van der Waals surface area contributed by atoms with Gasteiger partial charge in [0.05, 0.1) is 6.61 Å². The van der Waals surface area contributed by atoms with E-state index in [0.717, 1.165) is 12.1 Å². The van der Waals surface area contributed by atoms with Crippen molar-refractivity contribution in [3.05, 3.63) is 65.7 Å². The molecule has 0 aromatic heterocycles. The number of nitrogens with zero attached hydrogens (tertiary/aromatic N) is 1. The maximum Gasteiger partial charge on any atom is 0.254 e. The van der Waals surface area contributed by atoms with Gasteiger partial charge >= 0.3 is 0 Å². The molecule has 0 unspecified atom stereocenters. The Labute approximate surface area is 144 Å². The van der Waals surface area contributed by atoms with Crippen molar-refractivity contribution in [3.8, 4) is 0 Å². The molecule has 0 atom stereocenters. The minimum Gasteiger partial charge on any atom is -0.395 e. The van der Waals surface area contributed by atoms with E-state index in [1.165, 1.54) is 5.56 Å². The summed E-state index contributed by atoms with van der Waals surface area (Å²) in [7, 11) is 0. The number of aliphatic hydroxyl groups is 1. The van der Waals surface area contributed by atoms with E-state index in [0.29, 0.717) is 18.7 Å². The second-order valence-electron chi connectivity index (χ2n) is 6.06. The van der Waals surface area contributed by atoms with Gasteiger partial charge in [0.2, 0.25) is 0 Å². The molecule has 2 rings (SSSR count). The minimum atomic E-state index is 0.0506. The zero-order valence-electron chi connectivity index (χ0n) is 14.4. The van der Waals surface area contributed by atoms with Crippen LogP contribution in [0.25, 0.3) is 0 Å². The molecule has 0 saturated carbocycles. The lowest BCUT2D eigenvalue weighted by Gasteiger charge is -2.27. The molecule has 0 fully saturated rings. The summed E-state index contributed by atoms with van der Waals surface area (Å²) in [4.78, 5) is 14.7. The van der Waals surface area contributed by atoms with E-state index in [9.17, 15) is 4.79 Å². The van der Waals surface area contributed by atoms with E-state index in [1.54, 1.807) is 0 Å². The summed E-state index contributed by atoms with van der Waals surface area (Å²) >= 11 is 0. The van der Waals surface area contributed by atoms with Crippen LogP contribution in [0.1, 0.15) is 29.8 Å². The first-order chi connectivity index (χ1) is 11.6. The maximum absolute atomic E-state index is 12.8. The van der Waals surface area contributed by atoms with Crippen molar-refractivity contribution < 1.29 is 9.90 Å². The number of hydrogen-bond acceptors (Lipinski definition) is 3. The zero-order valence-corrected chi connectivity index (χ0v) is 14.4. The third kappa shape index (κ3) is 5.10. The van der Waals surface area contributed by atoms with Crippen molar-refractivity contribution in [1.29, 1.82) is 0 Å². The molecular weight excluding hydrogens is 300 g/mol. The normalized spacial score (nSPS) is 10.7. The Morgan fingerprint density at radius 2 is 1.75 bits per heavy atom. The Kier molecular flexibility index (Phi) is 6.82. The maximum atomic E-state index is 12.8. The predicted octanol–water partition coefficient (Wildman–Crippen LogP) is 3.18. The van der Waals surface area contributed by atoms with Gasteiger partial charge in [-0.25, -0.2) is 0 Å². The Morgan fingerprint density at radius 1 is 1.08 bits per heavy atom. The summed E-state index contributed by atoms with van der Waals surface area (Å²) in [6.07, 6.45) is 0.848. The average Bonchev–Trinajstić information content (AvgIpc) is 2.61. The van der Waals surface area contributed by atoms with Gasteiger partial charge in [0.1, 0.15) is 0 Å². The number of nitrogens with one attached hydrogen (secondary N) is 1. The summed E-state index contributed by atoms with van der Waals surface area (Å²) in [6.45, 7) is 5.37. The zero-order chi connectivity index (χ0) is 17.4. The highest BCUT2D eigenvalue weighted by molar-refractivity contribution is 5.94. The predicted molar refractivity (Wildman–Crippen MR) is 98.3 cm³/mol. The van der Waals surface area contributed by atoms with E-state index in [1.807, 2.05) is 61.2 Å². The van der Waals surface area contributed by atoms with Gasteiger partial charge in [-0.05, 0) is 50.1 Å². The van der Waals surface area contributed by atoms with E-state index >= 15 is 0 Å². The van der Waals surface area contributed by atoms with Crippen LogP contribution in [0, 0.1) is 0 Å². The molecule has 0 aliphatic rings. The smallest absolute Gasteiger partial charge is 0.254 e. The lowest BCUT2D eigenvalue weighted by molar-refractivity contribution is 0.0708. The summed E-state index contributed by atoms with van der Waals surface area (Å²) in [5.74, 6) is 0.0506. The van der Waals surface area contributed by atoms with E-state index in [-0.39, 0.29) is 18.6 Å². The minimum absolute atomic E-state index is 0.0506. The molecule has 24 heavy (non-hydrogen) atoms. The fourth-order valence-corrected chi connectivity index (χ4v) is 2.59. The Balaban J connectivity index is 2.02. The second-order valence-corrected chi connectivity index (χ2v) is 6.06. The molecule has 2 aromatic rings. The average molecular weight is 326 g/mol. The number of carbonyl (C=O) groups excluding carboxylic acids is 1. The van der Waals surface area contributed by atoms with E-state index < -0.39 is 0 Å². The van der Waals surface area contributed by atoms with Crippen molar-refractivity contribution in [2.75, 3.05) is 25.0 Å². The molecule has 4 heteroatoms. The molecule has 0 bridgehead atoms. The fourth-order valence-electron chi connectivity index (χ4n) is 2.59. The lowest BCUT2D eigenvalue weighted by Crippen LogP contribution is -2.38. The first kappa shape index (κ1) is 18.0. The second kappa shape index (κ2) is 9.08. The highest BCUT2D eigenvalue weighted by atomic mass is 16.3. The molecule has 0 aliphatic heterocycles. The molecule has 4 nitrogen and oxygen atoms in total. The number of amides is 1. The molecule has 2 aromatic carbocycles. The Bertz CT molecular complexity index is 624. The number of rotatable bonds is 8. The van der Waals surface area contributed by atoms with Gasteiger partial charge in [0.15, 0.2) is 0 Å². The van der Waals surface area contributed by atoms with Crippen LogP contribution in [-0.4, -0.2) is 41.7 Å². The van der Waals surface area contributed by atoms with Gasteiger partial charge in [-0.2, -0.15) is 0 Å². The summed E-state index contributed by atoms with van der Waals surface area (Å²) in [6, 6.07) is 17.8. The van der Waals surface area contributed by atoms with Crippen LogP contribution < -0.4 is 5.32 Å². The van der Waals surface area contributed by atoms with Crippen molar-refractivity contribution in [2.24, 2.45) is 0 Å². The molecule has 128 valence electrons. The first-order valence-electron chi connectivity index (χ1n) is 8.41. The van der Waals surface area contributed by atoms with Gasteiger partial charge in [-0.15, -0.1) is 0 Å². The molecular formula is C20H26N2O2. The fraction of sp³-hybridized carbons (Fsp3) is 0.350. The van der Waals surface area contributed by atoms with Crippen molar-refractivity contribution in [1.82, 2.24) is 4.90 Å². The number of hydrogen-bond donors (Lipinski definition) is 2. The Hall–Kier alpha value is -2.33. The molecule has 0 heterocycles. The van der Waals surface area contributed by atoms with Gasteiger partial charge < -0.3 is 15.3 Å². The number of benzene rings is 2. The molecule has 0 aliphatic carbocycles. The first-order valence-corrected chi connectivity index (χ1v) is 8.41. The quantitative estimate of drug-likeness (QED) is 0.783. The number of aliphatic hydroxyl groups excluding tert-OH is 1. The molecule has 2 N–H and O–H groups in total. The van der Waals surface area contributed by atoms with Crippen LogP contribution in [0.3, 0.4) is 0 Å². The molecule has 1 amide bonds. The third-order valence-corrected chi connectivity index (χ3v) is 3.94. The molecule has 0 spiro atoms. The SMILES string of the molecule is CC(C)N(CCc1ccccc1)C(=O)c1ccc(NCCO)cc1. The largest absolute Gasteiger partial charge is 0.395 e. The number of carbonyl (C=O) groups is 1. The topological polar surface area (TPSA) is 52.6 Å². The van der Waals surface area contributed by atoms with Crippen LogP contribution in [0.15, 0.2) is 54.6 Å². The molecule has 0 radical (unpaired) electrons. The summed E-state index contributed by atoms with van der Waals surface area (Å²) in [5, 5.41) is 11.9. The van der Waals surface area contributed by atoms with Crippen LogP contribution in [0.4, 0.5) is 5.69 Å². The highest BCUT2D eigenvalue weighted by Gasteiger charge is 2.18. The van der Waals surface area contributed by atoms with E-state index in [2.05, 4.69) is 17.4 Å². The van der Waals surface area contributed by atoms with Gasteiger partial charge in [0, 0.05) is 30.4 Å². The van der Waals surface area contributed by atoms with Crippen molar-refractivity contribution in [2.45, 2.75) is 26.3 Å². The van der Waals surface area contributed by atoms with Crippen molar-refractivity contribution in [3.63, 3.8) is 0 Å². The van der Waals surface area contributed by atoms with Gasteiger partial charge in [-0.3, -0.25) is 4.79 Å².